The van der Waals surface area contributed by atoms with Crippen LogP contribution in [0.25, 0.3) is 0 Å². The molecular weight excluding hydrogens is 516 g/mol. The molecule has 0 saturated carbocycles. The van der Waals surface area contributed by atoms with Crippen LogP contribution in [0.4, 0.5) is 32.2 Å². The van der Waals surface area contributed by atoms with Crippen molar-refractivity contribution in [3.8, 4) is 5.75 Å². The number of carbonyl (C=O) groups is 1. The highest BCUT2D eigenvalue weighted by molar-refractivity contribution is 6.31. The van der Waals surface area contributed by atoms with Gasteiger partial charge in [0, 0.05) is 16.8 Å². The van der Waals surface area contributed by atoms with Crippen LogP contribution in [-0.2, 0) is 13.2 Å². The number of carbonyl (C=O) groups excluding carboxylic acids is 1. The first-order chi connectivity index (χ1) is 17.0. The molecule has 0 bridgehead atoms. The molecule has 0 aliphatic heterocycles. The molecule has 0 spiro atoms. The standard InChI is InChI=1S/C23H14ClF6N3O3/c1-10-6-16(32-33(10)8-11-2-3-12(25)7-14(11)24)31-23(34)15-5-4-13(36-15)9-35-22-20(29)18(27)17(26)19(28)21(22)30/h2-7H,8-9H2,1H3,(H,31,32,34). The van der Waals surface area contributed by atoms with Crippen LogP contribution >= 0.6 is 11.6 Å². The minimum atomic E-state index is -2.31. The van der Waals surface area contributed by atoms with E-state index in [0.29, 0.717) is 11.3 Å². The first kappa shape index (κ1) is 25.2. The molecule has 36 heavy (non-hydrogen) atoms. The second kappa shape index (κ2) is 9.97. The predicted molar refractivity (Wildman–Crippen MR) is 115 cm³/mol. The van der Waals surface area contributed by atoms with Gasteiger partial charge in [-0.2, -0.15) is 13.9 Å². The molecule has 2 heterocycles. The van der Waals surface area contributed by atoms with E-state index in [1.807, 2.05) is 0 Å². The van der Waals surface area contributed by atoms with E-state index in [1.54, 1.807) is 13.0 Å². The number of nitrogens with zero attached hydrogens (tertiary/aromatic N) is 2. The summed E-state index contributed by atoms with van der Waals surface area (Å²) >= 11 is 6.04. The molecule has 4 aromatic rings. The monoisotopic (exact) mass is 529 g/mol. The summed E-state index contributed by atoms with van der Waals surface area (Å²) in [6, 6.07) is 7.94. The maximum atomic E-state index is 13.7. The Morgan fingerprint density at radius 2 is 1.67 bits per heavy atom. The van der Waals surface area contributed by atoms with Gasteiger partial charge < -0.3 is 14.5 Å². The Kier molecular flexibility index (Phi) is 6.97. The van der Waals surface area contributed by atoms with Gasteiger partial charge in [-0.3, -0.25) is 9.48 Å². The number of benzene rings is 2. The number of ether oxygens (including phenoxy) is 1. The van der Waals surface area contributed by atoms with E-state index in [-0.39, 0.29) is 28.9 Å². The van der Waals surface area contributed by atoms with Crippen molar-refractivity contribution in [2.24, 2.45) is 0 Å². The fourth-order valence-corrected chi connectivity index (χ4v) is 3.38. The predicted octanol–water partition coefficient (Wildman–Crippen LogP) is 6.15. The fourth-order valence-electron chi connectivity index (χ4n) is 3.15. The first-order valence-corrected chi connectivity index (χ1v) is 10.5. The number of hydrogen-bond acceptors (Lipinski definition) is 4. The molecular formula is C23H14ClF6N3O3. The number of amides is 1. The quantitative estimate of drug-likeness (QED) is 0.177. The zero-order valence-electron chi connectivity index (χ0n) is 18.1. The third-order valence-electron chi connectivity index (χ3n) is 4.97. The summed E-state index contributed by atoms with van der Waals surface area (Å²) in [6.07, 6.45) is 0. The van der Waals surface area contributed by atoms with Gasteiger partial charge in [0.2, 0.25) is 29.1 Å². The topological polar surface area (TPSA) is 69.3 Å². The number of aromatic nitrogens is 2. The molecule has 2 aromatic carbocycles. The summed E-state index contributed by atoms with van der Waals surface area (Å²) in [4.78, 5) is 12.5. The maximum absolute atomic E-state index is 13.7. The lowest BCUT2D eigenvalue weighted by molar-refractivity contribution is 0.0991. The molecule has 2 aromatic heterocycles. The van der Waals surface area contributed by atoms with Gasteiger partial charge in [-0.1, -0.05) is 17.7 Å². The Bertz CT molecular complexity index is 1440. The second-order valence-corrected chi connectivity index (χ2v) is 7.88. The summed E-state index contributed by atoms with van der Waals surface area (Å²) in [6.45, 7) is 1.21. The lowest BCUT2D eigenvalue weighted by Gasteiger charge is -2.09. The zero-order chi connectivity index (χ0) is 26.1. The Morgan fingerprint density at radius 1 is 1.00 bits per heavy atom. The van der Waals surface area contributed by atoms with E-state index in [9.17, 15) is 31.1 Å². The molecule has 4 rings (SSSR count). The SMILES string of the molecule is Cc1cc(NC(=O)c2ccc(COc3c(F)c(F)c(F)c(F)c3F)o2)nn1Cc1ccc(F)cc1Cl. The van der Waals surface area contributed by atoms with E-state index in [0.717, 1.165) is 0 Å². The second-order valence-electron chi connectivity index (χ2n) is 7.47. The van der Waals surface area contributed by atoms with Gasteiger partial charge in [-0.05, 0) is 36.8 Å². The molecule has 0 aliphatic carbocycles. The van der Waals surface area contributed by atoms with Crippen LogP contribution in [-0.4, -0.2) is 15.7 Å². The number of aryl methyl sites for hydroxylation is 1. The molecule has 6 nitrogen and oxygen atoms in total. The highest BCUT2D eigenvalue weighted by Crippen LogP contribution is 2.30. The summed E-state index contributed by atoms with van der Waals surface area (Å²) in [5, 5.41) is 6.95. The van der Waals surface area contributed by atoms with Gasteiger partial charge >= 0.3 is 0 Å². The molecule has 0 radical (unpaired) electrons. The number of nitrogens with one attached hydrogen (secondary N) is 1. The van der Waals surface area contributed by atoms with Crippen LogP contribution in [0.5, 0.6) is 5.75 Å². The zero-order valence-corrected chi connectivity index (χ0v) is 18.9. The first-order valence-electron chi connectivity index (χ1n) is 10.1. The lowest BCUT2D eigenvalue weighted by atomic mass is 10.2. The smallest absolute Gasteiger partial charge is 0.292 e. The Hall–Kier alpha value is -3.93. The molecule has 0 aliphatic rings. The molecule has 13 heteroatoms. The van der Waals surface area contributed by atoms with Crippen LogP contribution in [0.2, 0.25) is 5.02 Å². The minimum Gasteiger partial charge on any atom is -0.479 e. The summed E-state index contributed by atoms with van der Waals surface area (Å²) in [5.74, 6) is -13.8. The normalized spacial score (nSPS) is 11.1. The van der Waals surface area contributed by atoms with Crippen molar-refractivity contribution < 1.29 is 40.3 Å². The summed E-state index contributed by atoms with van der Waals surface area (Å²) in [5.41, 5.74) is 1.26. The van der Waals surface area contributed by atoms with Crippen LogP contribution in [0.3, 0.4) is 0 Å². The molecule has 1 N–H and O–H groups in total. The van der Waals surface area contributed by atoms with Crippen molar-refractivity contribution in [2.45, 2.75) is 20.1 Å². The molecule has 0 saturated heterocycles. The van der Waals surface area contributed by atoms with Crippen LogP contribution in [0, 0.1) is 41.8 Å². The fraction of sp³-hybridized carbons (Fsp3) is 0.130. The van der Waals surface area contributed by atoms with Crippen molar-refractivity contribution in [3.63, 3.8) is 0 Å². The third kappa shape index (κ3) is 5.03. The van der Waals surface area contributed by atoms with E-state index >= 15 is 0 Å². The minimum absolute atomic E-state index is 0.128. The number of rotatable bonds is 7. The highest BCUT2D eigenvalue weighted by atomic mass is 35.5. The Morgan fingerprint density at radius 3 is 2.33 bits per heavy atom. The average molecular weight is 530 g/mol. The summed E-state index contributed by atoms with van der Waals surface area (Å²) < 4.78 is 91.8. The maximum Gasteiger partial charge on any atom is 0.292 e. The van der Waals surface area contributed by atoms with Gasteiger partial charge in [0.25, 0.3) is 5.91 Å². The number of furan rings is 1. The van der Waals surface area contributed by atoms with Gasteiger partial charge in [0.05, 0.1) is 6.54 Å². The molecule has 0 unspecified atom stereocenters. The lowest BCUT2D eigenvalue weighted by Crippen LogP contribution is -2.12. The van der Waals surface area contributed by atoms with E-state index in [1.165, 1.54) is 35.0 Å². The Labute approximate surface area is 204 Å². The van der Waals surface area contributed by atoms with E-state index in [2.05, 4.69) is 10.4 Å². The van der Waals surface area contributed by atoms with Crippen molar-refractivity contribution in [3.05, 3.63) is 99.1 Å². The van der Waals surface area contributed by atoms with Crippen molar-refractivity contribution in [1.29, 1.82) is 0 Å². The van der Waals surface area contributed by atoms with Crippen LogP contribution < -0.4 is 10.1 Å². The van der Waals surface area contributed by atoms with E-state index < -0.39 is 53.2 Å². The summed E-state index contributed by atoms with van der Waals surface area (Å²) in [7, 11) is 0. The third-order valence-corrected chi connectivity index (χ3v) is 5.32. The number of anilines is 1. The van der Waals surface area contributed by atoms with Crippen LogP contribution in [0.1, 0.15) is 27.6 Å². The van der Waals surface area contributed by atoms with Crippen LogP contribution in [0.15, 0.2) is 40.8 Å². The Balaban J connectivity index is 1.42. The molecule has 1 amide bonds. The van der Waals surface area contributed by atoms with Gasteiger partial charge in [-0.15, -0.1) is 0 Å². The molecule has 0 atom stereocenters. The van der Waals surface area contributed by atoms with Crippen molar-refractivity contribution in [1.82, 2.24) is 9.78 Å². The average Bonchev–Trinajstić information content (AvgIpc) is 3.44. The van der Waals surface area contributed by atoms with Crippen molar-refractivity contribution in [2.75, 3.05) is 5.32 Å². The van der Waals surface area contributed by atoms with E-state index in [4.69, 9.17) is 20.8 Å². The number of halogens is 7. The molecule has 188 valence electrons. The van der Waals surface area contributed by atoms with Crippen molar-refractivity contribution >= 4 is 23.3 Å². The molecule has 0 fully saturated rings. The van der Waals surface area contributed by atoms with Gasteiger partial charge in [0.1, 0.15) is 18.2 Å². The highest BCUT2D eigenvalue weighted by Gasteiger charge is 2.27. The number of hydrogen-bond donors (Lipinski definition) is 1. The largest absolute Gasteiger partial charge is 0.479 e. The van der Waals surface area contributed by atoms with Gasteiger partial charge in [-0.25, -0.2) is 17.6 Å². The van der Waals surface area contributed by atoms with Gasteiger partial charge in [0.15, 0.2) is 17.3 Å².